The van der Waals surface area contributed by atoms with Crippen molar-refractivity contribution in [1.82, 2.24) is 19.6 Å². The van der Waals surface area contributed by atoms with Crippen molar-refractivity contribution >= 4 is 12.4 Å². The zero-order valence-corrected chi connectivity index (χ0v) is 16.2. The van der Waals surface area contributed by atoms with Crippen LogP contribution < -0.4 is 9.47 Å². The molecule has 156 valence electrons. The van der Waals surface area contributed by atoms with Crippen molar-refractivity contribution in [3.05, 3.63) is 42.7 Å². The summed E-state index contributed by atoms with van der Waals surface area (Å²) in [7, 11) is 0. The van der Waals surface area contributed by atoms with Crippen molar-refractivity contribution in [1.29, 1.82) is 0 Å². The third-order valence-electron chi connectivity index (χ3n) is 4.83. The average Bonchev–Trinajstić information content (AvgIpc) is 3.12. The Balaban J connectivity index is 0.000000755. The lowest BCUT2D eigenvalue weighted by Gasteiger charge is -2.30. The van der Waals surface area contributed by atoms with Crippen LogP contribution in [0.2, 0.25) is 0 Å². The number of carbonyl (C=O) groups is 2. The van der Waals surface area contributed by atoms with E-state index in [-0.39, 0.29) is 18.5 Å². The van der Waals surface area contributed by atoms with Gasteiger partial charge in [-0.2, -0.15) is 5.10 Å². The van der Waals surface area contributed by atoms with Crippen LogP contribution in [0.25, 0.3) is 0 Å². The molecule has 9 nitrogen and oxygen atoms in total. The molecule has 1 fully saturated rings. The molecule has 1 aromatic carbocycles. The number of ether oxygens (including phenoxy) is 2. The number of fused-ring (bicyclic) bond motifs is 1. The van der Waals surface area contributed by atoms with E-state index in [4.69, 9.17) is 19.4 Å². The van der Waals surface area contributed by atoms with E-state index in [2.05, 4.69) is 10.00 Å². The van der Waals surface area contributed by atoms with Crippen LogP contribution in [0.15, 0.2) is 42.7 Å². The second kappa shape index (κ2) is 10.5. The highest BCUT2D eigenvalue weighted by molar-refractivity contribution is 5.75. The smallest absolute Gasteiger partial charge is 0.290 e. The Kier molecular flexibility index (Phi) is 7.46. The number of rotatable bonds is 4. The lowest BCUT2D eigenvalue weighted by atomic mass is 10.2. The van der Waals surface area contributed by atoms with Crippen molar-refractivity contribution in [3.8, 4) is 11.5 Å². The van der Waals surface area contributed by atoms with E-state index in [1.807, 2.05) is 41.4 Å². The Hall–Kier alpha value is -3.07. The molecule has 1 saturated heterocycles. The van der Waals surface area contributed by atoms with Gasteiger partial charge in [-0.15, -0.1) is 0 Å². The van der Waals surface area contributed by atoms with E-state index in [1.54, 1.807) is 10.9 Å². The molecule has 3 heterocycles. The van der Waals surface area contributed by atoms with Crippen LogP contribution in [-0.2, 0) is 16.1 Å². The first-order chi connectivity index (χ1) is 14.2. The van der Waals surface area contributed by atoms with Crippen molar-refractivity contribution in [2.24, 2.45) is 0 Å². The monoisotopic (exact) mass is 402 g/mol. The molecule has 29 heavy (non-hydrogen) atoms. The van der Waals surface area contributed by atoms with E-state index in [1.165, 1.54) is 0 Å². The van der Waals surface area contributed by atoms with Gasteiger partial charge in [-0.25, -0.2) is 0 Å². The van der Waals surface area contributed by atoms with Crippen LogP contribution >= 0.6 is 0 Å². The SMILES string of the molecule is O=C(Cn1cccn1)N1CCCN(CC2COc3ccccc3O2)CC1.O=CO. The molecule has 1 atom stereocenters. The number of benzene rings is 1. The average molecular weight is 402 g/mol. The van der Waals surface area contributed by atoms with Gasteiger partial charge < -0.3 is 19.5 Å². The summed E-state index contributed by atoms with van der Waals surface area (Å²) in [6.07, 6.45) is 4.51. The minimum atomic E-state index is -0.250. The Morgan fingerprint density at radius 3 is 2.72 bits per heavy atom. The quantitative estimate of drug-likeness (QED) is 0.761. The molecule has 2 aliphatic rings. The highest BCUT2D eigenvalue weighted by Gasteiger charge is 2.25. The predicted octanol–water partition coefficient (Wildman–Crippen LogP) is 0.958. The molecule has 9 heteroatoms. The summed E-state index contributed by atoms with van der Waals surface area (Å²) in [5.74, 6) is 1.76. The second-order valence-corrected chi connectivity index (χ2v) is 6.84. The third kappa shape index (κ3) is 5.95. The zero-order valence-electron chi connectivity index (χ0n) is 16.2. The number of para-hydroxylation sites is 2. The van der Waals surface area contributed by atoms with Gasteiger partial charge in [0.15, 0.2) is 11.5 Å². The summed E-state index contributed by atoms with van der Waals surface area (Å²) in [4.78, 5) is 25.1. The molecular formula is C20H26N4O5. The maximum atomic E-state index is 12.5. The molecule has 4 rings (SSSR count). The Bertz CT molecular complexity index is 783. The number of nitrogens with zero attached hydrogens (tertiary/aromatic N) is 4. The maximum absolute atomic E-state index is 12.5. The van der Waals surface area contributed by atoms with Crippen molar-refractivity contribution in [3.63, 3.8) is 0 Å². The molecule has 0 bridgehead atoms. The van der Waals surface area contributed by atoms with Gasteiger partial charge in [0, 0.05) is 45.1 Å². The third-order valence-corrected chi connectivity index (χ3v) is 4.83. The number of carboxylic acid groups (broad SMARTS) is 1. The minimum Gasteiger partial charge on any atom is -0.486 e. The molecule has 2 aromatic rings. The summed E-state index contributed by atoms with van der Waals surface area (Å²) in [6.45, 7) is 4.79. The van der Waals surface area contributed by atoms with E-state index in [9.17, 15) is 4.79 Å². The summed E-state index contributed by atoms with van der Waals surface area (Å²) >= 11 is 0. The van der Waals surface area contributed by atoms with Gasteiger partial charge >= 0.3 is 0 Å². The molecular weight excluding hydrogens is 376 g/mol. The topological polar surface area (TPSA) is 97.1 Å². The first-order valence-electron chi connectivity index (χ1n) is 9.63. The molecule has 0 aliphatic carbocycles. The first kappa shape index (κ1) is 20.7. The van der Waals surface area contributed by atoms with Crippen LogP contribution in [0.3, 0.4) is 0 Å². The fourth-order valence-electron chi connectivity index (χ4n) is 3.48. The van der Waals surface area contributed by atoms with Crippen LogP contribution in [0.5, 0.6) is 11.5 Å². The first-order valence-corrected chi connectivity index (χ1v) is 9.63. The Morgan fingerprint density at radius 2 is 1.97 bits per heavy atom. The van der Waals surface area contributed by atoms with E-state index < -0.39 is 0 Å². The Morgan fingerprint density at radius 1 is 1.17 bits per heavy atom. The van der Waals surface area contributed by atoms with Crippen LogP contribution in [0, 0.1) is 0 Å². The molecule has 1 amide bonds. The van der Waals surface area contributed by atoms with Crippen LogP contribution in [0.1, 0.15) is 6.42 Å². The fraction of sp³-hybridized carbons (Fsp3) is 0.450. The molecule has 0 spiro atoms. The van der Waals surface area contributed by atoms with E-state index in [0.29, 0.717) is 13.2 Å². The lowest BCUT2D eigenvalue weighted by molar-refractivity contribution is -0.132. The van der Waals surface area contributed by atoms with Gasteiger partial charge in [-0.05, 0) is 24.6 Å². The van der Waals surface area contributed by atoms with E-state index >= 15 is 0 Å². The predicted molar refractivity (Wildman–Crippen MR) is 105 cm³/mol. The summed E-state index contributed by atoms with van der Waals surface area (Å²) in [5, 5.41) is 11.0. The highest BCUT2D eigenvalue weighted by Crippen LogP contribution is 2.31. The Labute approximate surface area is 169 Å². The van der Waals surface area contributed by atoms with Gasteiger partial charge in [0.25, 0.3) is 6.47 Å². The highest BCUT2D eigenvalue weighted by atomic mass is 16.6. The standard InChI is InChI=1S/C19H24N4O3.CH2O2/c24-19(14-23-10-3-7-20-23)22-9-4-8-21(11-12-22)13-16-15-25-17-5-1-2-6-18(17)26-16;2-1-3/h1-3,5-7,10,16H,4,8-9,11-15H2;1H,(H,2,3). The van der Waals surface area contributed by atoms with Crippen molar-refractivity contribution in [2.45, 2.75) is 19.1 Å². The molecule has 2 aliphatic heterocycles. The number of hydrogen-bond acceptors (Lipinski definition) is 6. The lowest BCUT2D eigenvalue weighted by Crippen LogP contribution is -2.43. The van der Waals surface area contributed by atoms with Gasteiger partial charge in [0.1, 0.15) is 19.3 Å². The van der Waals surface area contributed by atoms with Gasteiger partial charge in [-0.3, -0.25) is 19.2 Å². The van der Waals surface area contributed by atoms with E-state index in [0.717, 1.165) is 50.6 Å². The molecule has 0 saturated carbocycles. The molecule has 1 unspecified atom stereocenters. The number of amides is 1. The van der Waals surface area contributed by atoms with Gasteiger partial charge in [0.05, 0.1) is 0 Å². The zero-order chi connectivity index (χ0) is 20.5. The largest absolute Gasteiger partial charge is 0.486 e. The molecule has 1 aromatic heterocycles. The molecule has 0 radical (unpaired) electrons. The summed E-state index contributed by atoms with van der Waals surface area (Å²) < 4.78 is 13.5. The maximum Gasteiger partial charge on any atom is 0.290 e. The number of hydrogen-bond donors (Lipinski definition) is 1. The van der Waals surface area contributed by atoms with Crippen LogP contribution in [-0.4, -0.2) is 82.5 Å². The van der Waals surface area contributed by atoms with Crippen molar-refractivity contribution in [2.75, 3.05) is 39.3 Å². The minimum absolute atomic E-state index is 0.0243. The summed E-state index contributed by atoms with van der Waals surface area (Å²) in [5.41, 5.74) is 0. The normalized spacial score (nSPS) is 18.9. The van der Waals surface area contributed by atoms with Crippen molar-refractivity contribution < 1.29 is 24.2 Å². The molecule has 1 N–H and O–H groups in total. The van der Waals surface area contributed by atoms with Crippen LogP contribution in [0.4, 0.5) is 0 Å². The van der Waals surface area contributed by atoms with Gasteiger partial charge in [0.2, 0.25) is 5.91 Å². The summed E-state index contributed by atoms with van der Waals surface area (Å²) in [6, 6.07) is 9.62. The number of carbonyl (C=O) groups excluding carboxylic acids is 1. The number of aromatic nitrogens is 2. The fourth-order valence-corrected chi connectivity index (χ4v) is 3.48. The van der Waals surface area contributed by atoms with Gasteiger partial charge in [-0.1, -0.05) is 12.1 Å². The second-order valence-electron chi connectivity index (χ2n) is 6.84.